The number of carbonyl (C=O) groups excluding carboxylic acids is 1. The van der Waals surface area contributed by atoms with Crippen molar-refractivity contribution in [2.24, 2.45) is 0 Å². The quantitative estimate of drug-likeness (QED) is 0.810. The van der Waals surface area contributed by atoms with Gasteiger partial charge < -0.3 is 4.74 Å². The third kappa shape index (κ3) is 2.59. The molecule has 0 radical (unpaired) electrons. The maximum atomic E-state index is 12.1. The van der Waals surface area contributed by atoms with Crippen molar-refractivity contribution in [1.82, 2.24) is 9.55 Å². The van der Waals surface area contributed by atoms with Crippen LogP contribution in [0.1, 0.15) is 6.42 Å². The van der Waals surface area contributed by atoms with Gasteiger partial charge in [0.2, 0.25) is 0 Å². The molecule has 0 spiro atoms. The molecule has 0 aliphatic heterocycles. The van der Waals surface area contributed by atoms with Crippen LogP contribution in [-0.4, -0.2) is 22.6 Å². The monoisotopic (exact) mass is 310 g/mol. The lowest BCUT2D eigenvalue weighted by Gasteiger charge is -2.05. The van der Waals surface area contributed by atoms with Gasteiger partial charge in [-0.2, -0.15) is 0 Å². The predicted octanol–water partition coefficient (Wildman–Crippen LogP) is 1.72. The van der Waals surface area contributed by atoms with Crippen molar-refractivity contribution in [3.05, 3.63) is 39.4 Å². The molecule has 0 aliphatic rings. The average molecular weight is 311 g/mol. The largest absolute Gasteiger partial charge is 0.469 e. The molecule has 2 aromatic rings. The van der Waals surface area contributed by atoms with Gasteiger partial charge in [-0.25, -0.2) is 4.98 Å². The van der Waals surface area contributed by atoms with E-state index in [0.29, 0.717) is 10.9 Å². The molecule has 1 aromatic carbocycles. The van der Waals surface area contributed by atoms with Crippen molar-refractivity contribution in [2.45, 2.75) is 13.0 Å². The van der Waals surface area contributed by atoms with Crippen molar-refractivity contribution in [1.29, 1.82) is 0 Å². The summed E-state index contributed by atoms with van der Waals surface area (Å²) in [5.41, 5.74) is 0.475. The summed E-state index contributed by atoms with van der Waals surface area (Å²) in [6, 6.07) is 5.32. The van der Waals surface area contributed by atoms with Gasteiger partial charge >= 0.3 is 5.97 Å². The minimum absolute atomic E-state index is 0.150. The fourth-order valence-electron chi connectivity index (χ4n) is 1.60. The van der Waals surface area contributed by atoms with E-state index in [4.69, 9.17) is 0 Å². The Balaban J connectivity index is 2.38. The Morgan fingerprint density at radius 1 is 1.50 bits per heavy atom. The minimum Gasteiger partial charge on any atom is -0.469 e. The van der Waals surface area contributed by atoms with Gasteiger partial charge in [-0.1, -0.05) is 15.9 Å². The van der Waals surface area contributed by atoms with Crippen LogP contribution in [0.4, 0.5) is 0 Å². The topological polar surface area (TPSA) is 61.2 Å². The van der Waals surface area contributed by atoms with Crippen LogP contribution in [-0.2, 0) is 16.1 Å². The molecule has 0 amide bonds. The van der Waals surface area contributed by atoms with E-state index < -0.39 is 0 Å². The molecular formula is C12H11BrN2O3. The molecule has 2 rings (SSSR count). The molecule has 0 fully saturated rings. The second kappa shape index (κ2) is 5.30. The summed E-state index contributed by atoms with van der Waals surface area (Å²) in [6.45, 7) is 0.265. The van der Waals surface area contributed by atoms with Gasteiger partial charge in [0.05, 0.1) is 30.8 Å². The molecule has 5 nitrogen and oxygen atoms in total. The first kappa shape index (κ1) is 12.8. The number of carbonyl (C=O) groups is 1. The van der Waals surface area contributed by atoms with Crippen molar-refractivity contribution < 1.29 is 9.53 Å². The molecule has 6 heteroatoms. The van der Waals surface area contributed by atoms with E-state index in [0.717, 1.165) is 4.47 Å². The molecule has 0 unspecified atom stereocenters. The van der Waals surface area contributed by atoms with E-state index in [1.807, 2.05) is 6.07 Å². The lowest BCUT2D eigenvalue weighted by atomic mass is 10.2. The van der Waals surface area contributed by atoms with E-state index in [-0.39, 0.29) is 24.5 Å². The zero-order valence-corrected chi connectivity index (χ0v) is 11.3. The van der Waals surface area contributed by atoms with Gasteiger partial charge in [0.1, 0.15) is 0 Å². The fourth-order valence-corrected chi connectivity index (χ4v) is 1.97. The van der Waals surface area contributed by atoms with Crippen LogP contribution in [0.15, 0.2) is 33.8 Å². The van der Waals surface area contributed by atoms with Gasteiger partial charge in [-0.05, 0) is 18.2 Å². The summed E-state index contributed by atoms with van der Waals surface area (Å²) in [5, 5.41) is 0.525. The number of hydrogen-bond donors (Lipinski definition) is 0. The van der Waals surface area contributed by atoms with E-state index in [1.54, 1.807) is 12.1 Å². The predicted molar refractivity (Wildman–Crippen MR) is 70.3 cm³/mol. The Morgan fingerprint density at radius 2 is 2.28 bits per heavy atom. The summed E-state index contributed by atoms with van der Waals surface area (Å²) in [5.74, 6) is -0.351. The number of halogens is 1. The van der Waals surface area contributed by atoms with Crippen LogP contribution in [0.3, 0.4) is 0 Å². The van der Waals surface area contributed by atoms with E-state index in [9.17, 15) is 9.59 Å². The second-order valence-electron chi connectivity index (χ2n) is 3.73. The molecular weight excluding hydrogens is 300 g/mol. The molecule has 1 heterocycles. The summed E-state index contributed by atoms with van der Waals surface area (Å²) in [4.78, 5) is 27.4. The summed E-state index contributed by atoms with van der Waals surface area (Å²) in [7, 11) is 1.32. The van der Waals surface area contributed by atoms with Crippen LogP contribution in [0.2, 0.25) is 0 Å². The highest BCUT2D eigenvalue weighted by Crippen LogP contribution is 2.14. The highest BCUT2D eigenvalue weighted by molar-refractivity contribution is 9.10. The Morgan fingerprint density at radius 3 is 3.00 bits per heavy atom. The van der Waals surface area contributed by atoms with Gasteiger partial charge in [0, 0.05) is 11.0 Å². The van der Waals surface area contributed by atoms with Crippen molar-refractivity contribution in [2.75, 3.05) is 7.11 Å². The Kier molecular flexibility index (Phi) is 3.76. The number of aryl methyl sites for hydroxylation is 1. The maximum Gasteiger partial charge on any atom is 0.307 e. The molecule has 0 saturated carbocycles. The van der Waals surface area contributed by atoms with Gasteiger partial charge in [-0.15, -0.1) is 0 Å². The number of hydrogen-bond acceptors (Lipinski definition) is 4. The van der Waals surface area contributed by atoms with Crippen LogP contribution in [0.5, 0.6) is 0 Å². The fraction of sp³-hybridized carbons (Fsp3) is 0.250. The van der Waals surface area contributed by atoms with Crippen LogP contribution in [0, 0.1) is 0 Å². The number of rotatable bonds is 3. The minimum atomic E-state index is -0.351. The number of benzene rings is 1. The smallest absolute Gasteiger partial charge is 0.307 e. The number of esters is 1. The first-order chi connectivity index (χ1) is 8.61. The van der Waals surface area contributed by atoms with Crippen LogP contribution in [0.25, 0.3) is 10.9 Å². The third-order valence-corrected chi connectivity index (χ3v) is 3.06. The number of aromatic nitrogens is 2. The number of nitrogens with zero attached hydrogens (tertiary/aromatic N) is 2. The Hall–Kier alpha value is -1.69. The van der Waals surface area contributed by atoms with Crippen LogP contribution < -0.4 is 5.56 Å². The molecule has 0 aliphatic carbocycles. The van der Waals surface area contributed by atoms with E-state index >= 15 is 0 Å². The molecule has 0 atom stereocenters. The Bertz CT molecular complexity index is 651. The second-order valence-corrected chi connectivity index (χ2v) is 4.65. The first-order valence-corrected chi connectivity index (χ1v) is 6.12. The molecule has 0 saturated heterocycles. The highest BCUT2D eigenvalue weighted by atomic mass is 79.9. The average Bonchev–Trinajstić information content (AvgIpc) is 2.38. The van der Waals surface area contributed by atoms with E-state index in [2.05, 4.69) is 25.7 Å². The number of ether oxygens (including phenoxy) is 1. The standard InChI is InChI=1S/C12H11BrN2O3/c1-18-11(16)4-5-15-7-14-10-3-2-8(13)6-9(10)12(15)17/h2-3,6-7H,4-5H2,1H3. The molecule has 94 valence electrons. The normalized spacial score (nSPS) is 10.6. The third-order valence-electron chi connectivity index (χ3n) is 2.57. The highest BCUT2D eigenvalue weighted by Gasteiger charge is 2.06. The Labute approximate surface area is 112 Å². The summed E-state index contributed by atoms with van der Waals surface area (Å²) in [6.07, 6.45) is 1.60. The van der Waals surface area contributed by atoms with Crippen LogP contribution >= 0.6 is 15.9 Å². The van der Waals surface area contributed by atoms with E-state index in [1.165, 1.54) is 18.0 Å². The molecule has 0 N–H and O–H groups in total. The van der Waals surface area contributed by atoms with Gasteiger partial charge in [0.15, 0.2) is 0 Å². The SMILES string of the molecule is COC(=O)CCn1cnc2ccc(Br)cc2c1=O. The van der Waals surface area contributed by atoms with Gasteiger partial charge in [-0.3, -0.25) is 14.2 Å². The first-order valence-electron chi connectivity index (χ1n) is 5.33. The summed E-state index contributed by atoms with van der Waals surface area (Å²) >= 11 is 3.31. The molecule has 1 aromatic heterocycles. The lowest BCUT2D eigenvalue weighted by molar-refractivity contribution is -0.140. The number of methoxy groups -OCH3 is 1. The molecule has 18 heavy (non-hydrogen) atoms. The molecule has 0 bridgehead atoms. The van der Waals surface area contributed by atoms with Gasteiger partial charge in [0.25, 0.3) is 5.56 Å². The van der Waals surface area contributed by atoms with Crippen molar-refractivity contribution in [3.8, 4) is 0 Å². The van der Waals surface area contributed by atoms with Crippen molar-refractivity contribution >= 4 is 32.8 Å². The lowest BCUT2D eigenvalue weighted by Crippen LogP contribution is -2.22. The zero-order chi connectivity index (χ0) is 13.1. The zero-order valence-electron chi connectivity index (χ0n) is 9.72. The maximum absolute atomic E-state index is 12.1. The number of fused-ring (bicyclic) bond motifs is 1. The van der Waals surface area contributed by atoms with Crippen molar-refractivity contribution in [3.63, 3.8) is 0 Å². The summed E-state index contributed by atoms with van der Waals surface area (Å²) < 4.78 is 6.76.